The number of amides is 1. The normalized spacial score (nSPS) is 15.3. The quantitative estimate of drug-likeness (QED) is 0.645. The number of aromatic nitrogens is 4. The van der Waals surface area contributed by atoms with Crippen LogP contribution >= 0.6 is 11.6 Å². The van der Waals surface area contributed by atoms with Gasteiger partial charge in [0.1, 0.15) is 17.5 Å². The molecule has 154 valence electrons. The Morgan fingerprint density at radius 2 is 1.93 bits per heavy atom. The molecule has 0 bridgehead atoms. The molecule has 1 atom stereocenters. The van der Waals surface area contributed by atoms with E-state index < -0.39 is 6.04 Å². The molecule has 3 aromatic rings. The van der Waals surface area contributed by atoms with Crippen LogP contribution in [0.25, 0.3) is 0 Å². The number of fused-ring (bicyclic) bond motifs is 1. The zero-order chi connectivity index (χ0) is 21.3. The van der Waals surface area contributed by atoms with E-state index in [0.717, 1.165) is 0 Å². The van der Waals surface area contributed by atoms with E-state index in [2.05, 4.69) is 26.2 Å². The van der Waals surface area contributed by atoms with Crippen molar-refractivity contribution < 1.29 is 14.3 Å². The van der Waals surface area contributed by atoms with Crippen LogP contribution in [0.3, 0.4) is 0 Å². The Kier molecular flexibility index (Phi) is 5.28. The van der Waals surface area contributed by atoms with Crippen molar-refractivity contribution in [3.8, 4) is 11.5 Å². The molecule has 2 heterocycles. The summed E-state index contributed by atoms with van der Waals surface area (Å²) in [5.41, 5.74) is 2.42. The van der Waals surface area contributed by atoms with Crippen molar-refractivity contribution in [1.82, 2.24) is 20.2 Å². The zero-order valence-corrected chi connectivity index (χ0v) is 17.3. The van der Waals surface area contributed by atoms with Crippen LogP contribution in [0.15, 0.2) is 53.7 Å². The number of nitrogens with zero attached hydrogens (tertiary/aromatic N) is 4. The predicted octanol–water partition coefficient (Wildman–Crippen LogP) is 3.27. The van der Waals surface area contributed by atoms with E-state index >= 15 is 0 Å². The summed E-state index contributed by atoms with van der Waals surface area (Å²) in [7, 11) is 3.14. The number of hydrogen-bond donors (Lipinski definition) is 2. The average molecular weight is 427 g/mol. The maximum absolute atomic E-state index is 13.3. The van der Waals surface area contributed by atoms with E-state index in [1.807, 2.05) is 6.07 Å². The van der Waals surface area contributed by atoms with Gasteiger partial charge in [0.2, 0.25) is 5.95 Å². The van der Waals surface area contributed by atoms with E-state index in [0.29, 0.717) is 45.0 Å². The number of tetrazole rings is 1. The highest BCUT2D eigenvalue weighted by Gasteiger charge is 2.35. The first-order valence-corrected chi connectivity index (χ1v) is 9.44. The number of carbonyl (C=O) groups excluding carboxylic acids is 1. The number of carbonyl (C=O) groups is 1. The molecular formula is C20H19ClN6O3. The molecule has 0 fully saturated rings. The minimum absolute atomic E-state index is 0.300. The van der Waals surface area contributed by atoms with Crippen LogP contribution < -0.4 is 20.1 Å². The molecule has 2 N–H and O–H groups in total. The van der Waals surface area contributed by atoms with Crippen molar-refractivity contribution >= 4 is 29.1 Å². The maximum Gasteiger partial charge on any atom is 0.255 e. The lowest BCUT2D eigenvalue weighted by Crippen LogP contribution is -2.31. The van der Waals surface area contributed by atoms with Crippen LogP contribution in [0.2, 0.25) is 5.02 Å². The van der Waals surface area contributed by atoms with Crippen molar-refractivity contribution in [2.45, 2.75) is 13.0 Å². The molecule has 10 heteroatoms. The number of hydrogen-bond acceptors (Lipinski definition) is 7. The van der Waals surface area contributed by atoms with Gasteiger partial charge in [0.05, 0.1) is 19.8 Å². The molecule has 4 rings (SSSR count). The van der Waals surface area contributed by atoms with Crippen molar-refractivity contribution in [3.63, 3.8) is 0 Å². The molecule has 0 unspecified atom stereocenters. The fraction of sp³-hybridized carbons (Fsp3) is 0.200. The maximum atomic E-state index is 13.3. The predicted molar refractivity (Wildman–Crippen MR) is 112 cm³/mol. The van der Waals surface area contributed by atoms with Gasteiger partial charge in [0.15, 0.2) is 0 Å². The number of rotatable bonds is 5. The van der Waals surface area contributed by atoms with Gasteiger partial charge in [-0.15, -0.1) is 0 Å². The molecule has 0 radical (unpaired) electrons. The summed E-state index contributed by atoms with van der Waals surface area (Å²) in [6.45, 7) is 1.80. The summed E-state index contributed by atoms with van der Waals surface area (Å²) in [5.74, 6) is 1.31. The molecule has 1 aromatic heterocycles. The number of anilines is 2. The molecule has 9 nitrogen and oxygen atoms in total. The second-order valence-electron chi connectivity index (χ2n) is 6.58. The number of ether oxygens (including phenoxy) is 2. The highest BCUT2D eigenvalue weighted by atomic mass is 35.5. The van der Waals surface area contributed by atoms with Crippen LogP contribution in [-0.4, -0.2) is 40.3 Å². The molecule has 0 spiro atoms. The van der Waals surface area contributed by atoms with Crippen LogP contribution in [0.1, 0.15) is 18.5 Å². The molecule has 0 saturated carbocycles. The summed E-state index contributed by atoms with van der Waals surface area (Å²) in [4.78, 5) is 13.3. The Morgan fingerprint density at radius 3 is 2.63 bits per heavy atom. The third kappa shape index (κ3) is 3.55. The molecule has 1 aliphatic heterocycles. The van der Waals surface area contributed by atoms with E-state index in [9.17, 15) is 4.79 Å². The summed E-state index contributed by atoms with van der Waals surface area (Å²) in [5, 5.41) is 18.4. The number of nitrogens with one attached hydrogen (secondary N) is 2. The smallest absolute Gasteiger partial charge is 0.255 e. The van der Waals surface area contributed by atoms with Gasteiger partial charge in [-0.2, -0.15) is 4.68 Å². The molecule has 1 amide bonds. The van der Waals surface area contributed by atoms with Crippen molar-refractivity contribution in [1.29, 1.82) is 0 Å². The van der Waals surface area contributed by atoms with Gasteiger partial charge in [0, 0.05) is 28.0 Å². The fourth-order valence-corrected chi connectivity index (χ4v) is 3.50. The standard InChI is InChI=1S/C20H19ClN6O3/c1-11-17(19(28)23-13-6-4-12(21)5-7-13)18(27-20(22-11)24-25-26-27)15-9-8-14(29-2)10-16(15)30-3/h4-10,18H,1-3H3,(H,23,28)(H,22,24,26)/t18-/m0/s1. The van der Waals surface area contributed by atoms with Gasteiger partial charge in [-0.1, -0.05) is 16.7 Å². The van der Waals surface area contributed by atoms with E-state index in [1.54, 1.807) is 62.2 Å². The SMILES string of the molecule is COc1ccc([C@H]2C(C(=O)Nc3ccc(Cl)cc3)=C(C)Nc3nnnn32)c(OC)c1. The largest absolute Gasteiger partial charge is 0.497 e. The number of allylic oxidation sites excluding steroid dienone is 1. The Bertz CT molecular complexity index is 1130. The molecule has 0 aliphatic carbocycles. The van der Waals surface area contributed by atoms with Crippen LogP contribution in [-0.2, 0) is 4.79 Å². The third-order valence-electron chi connectivity index (χ3n) is 4.80. The lowest BCUT2D eigenvalue weighted by atomic mass is 9.94. The summed E-state index contributed by atoms with van der Waals surface area (Å²) >= 11 is 5.94. The van der Waals surface area contributed by atoms with E-state index in [1.165, 1.54) is 0 Å². The molecule has 30 heavy (non-hydrogen) atoms. The van der Waals surface area contributed by atoms with Gasteiger partial charge < -0.3 is 20.1 Å². The zero-order valence-electron chi connectivity index (χ0n) is 16.5. The molecule has 1 aliphatic rings. The van der Waals surface area contributed by atoms with Gasteiger partial charge in [-0.05, 0) is 53.7 Å². The fourth-order valence-electron chi connectivity index (χ4n) is 3.37. The molecule has 0 saturated heterocycles. The van der Waals surface area contributed by atoms with Gasteiger partial charge in [-0.25, -0.2) is 0 Å². The minimum atomic E-state index is -0.607. The average Bonchev–Trinajstić information content (AvgIpc) is 3.21. The molecular weight excluding hydrogens is 408 g/mol. The summed E-state index contributed by atoms with van der Waals surface area (Å²) < 4.78 is 12.4. The number of methoxy groups -OCH3 is 2. The third-order valence-corrected chi connectivity index (χ3v) is 5.05. The first-order valence-electron chi connectivity index (χ1n) is 9.06. The number of halogens is 1. The lowest BCUT2D eigenvalue weighted by molar-refractivity contribution is -0.113. The van der Waals surface area contributed by atoms with Gasteiger partial charge in [-0.3, -0.25) is 4.79 Å². The summed E-state index contributed by atoms with van der Waals surface area (Å²) in [6, 6.07) is 11.7. The van der Waals surface area contributed by atoms with Crippen LogP contribution in [0, 0.1) is 0 Å². The van der Waals surface area contributed by atoms with Gasteiger partial charge in [0.25, 0.3) is 5.91 Å². The van der Waals surface area contributed by atoms with Crippen LogP contribution in [0.5, 0.6) is 11.5 Å². The van der Waals surface area contributed by atoms with E-state index in [-0.39, 0.29) is 5.91 Å². The van der Waals surface area contributed by atoms with Crippen molar-refractivity contribution in [2.24, 2.45) is 0 Å². The Balaban J connectivity index is 1.79. The van der Waals surface area contributed by atoms with E-state index in [4.69, 9.17) is 21.1 Å². The Hall–Kier alpha value is -3.59. The molecule has 2 aromatic carbocycles. The summed E-state index contributed by atoms with van der Waals surface area (Å²) in [6.07, 6.45) is 0. The number of benzene rings is 2. The highest BCUT2D eigenvalue weighted by molar-refractivity contribution is 6.30. The first-order chi connectivity index (χ1) is 14.5. The topological polar surface area (TPSA) is 103 Å². The lowest BCUT2D eigenvalue weighted by Gasteiger charge is -2.29. The van der Waals surface area contributed by atoms with Gasteiger partial charge >= 0.3 is 0 Å². The Morgan fingerprint density at radius 1 is 1.17 bits per heavy atom. The highest BCUT2D eigenvalue weighted by Crippen LogP contribution is 2.40. The Labute approximate surface area is 177 Å². The second kappa shape index (κ2) is 8.03. The van der Waals surface area contributed by atoms with Crippen molar-refractivity contribution in [3.05, 3.63) is 64.3 Å². The van der Waals surface area contributed by atoms with Crippen molar-refractivity contribution in [2.75, 3.05) is 24.9 Å². The first kappa shape index (κ1) is 19.7. The minimum Gasteiger partial charge on any atom is -0.497 e. The van der Waals surface area contributed by atoms with Crippen LogP contribution in [0.4, 0.5) is 11.6 Å². The second-order valence-corrected chi connectivity index (χ2v) is 7.02. The monoisotopic (exact) mass is 426 g/mol.